The zero-order chi connectivity index (χ0) is 18.7. The number of amides is 1. The second-order valence-electron chi connectivity index (χ2n) is 6.46. The lowest BCUT2D eigenvalue weighted by Gasteiger charge is -2.14. The summed E-state index contributed by atoms with van der Waals surface area (Å²) in [7, 11) is 0. The third kappa shape index (κ3) is 4.22. The van der Waals surface area contributed by atoms with Gasteiger partial charge in [-0.1, -0.05) is 19.1 Å². The van der Waals surface area contributed by atoms with Crippen LogP contribution in [0.5, 0.6) is 0 Å². The molecule has 1 unspecified atom stereocenters. The third-order valence-electron chi connectivity index (χ3n) is 4.29. The molecule has 1 amide bonds. The Bertz CT molecular complexity index is 901. The van der Waals surface area contributed by atoms with Crippen molar-refractivity contribution >= 4 is 27.5 Å². The Morgan fingerprint density at radius 2 is 2.12 bits per heavy atom. The van der Waals surface area contributed by atoms with Gasteiger partial charge in [-0.05, 0) is 53.5 Å². The topological polar surface area (TPSA) is 64.7 Å². The Balaban J connectivity index is 1.64. The van der Waals surface area contributed by atoms with E-state index >= 15 is 0 Å². The number of carbonyl (C=O) groups is 1. The van der Waals surface area contributed by atoms with Crippen LogP contribution < -0.4 is 5.32 Å². The SMILES string of the molecule is Cc1nn(CC(C)C(=O)Nc2cccc(Cn3cccn3)c2)c(C)c1Br. The van der Waals surface area contributed by atoms with Gasteiger partial charge in [0.1, 0.15) is 0 Å². The number of nitrogens with one attached hydrogen (secondary N) is 1. The molecular weight excluding hydrogens is 394 g/mol. The van der Waals surface area contributed by atoms with Crippen molar-refractivity contribution in [2.24, 2.45) is 5.92 Å². The molecule has 0 spiro atoms. The normalized spacial score (nSPS) is 12.2. The number of nitrogens with zero attached hydrogens (tertiary/aromatic N) is 4. The first-order valence-electron chi connectivity index (χ1n) is 8.51. The highest BCUT2D eigenvalue weighted by molar-refractivity contribution is 9.10. The van der Waals surface area contributed by atoms with Gasteiger partial charge in [0.2, 0.25) is 5.91 Å². The zero-order valence-corrected chi connectivity index (χ0v) is 16.7. The maximum atomic E-state index is 12.6. The van der Waals surface area contributed by atoms with Gasteiger partial charge in [-0.2, -0.15) is 10.2 Å². The number of aryl methyl sites for hydroxylation is 1. The molecule has 3 aromatic rings. The zero-order valence-electron chi connectivity index (χ0n) is 15.1. The van der Waals surface area contributed by atoms with Gasteiger partial charge in [-0.15, -0.1) is 0 Å². The standard InChI is InChI=1S/C19H22BrN5O/c1-13(11-25-15(3)18(20)14(2)23-25)19(26)22-17-7-4-6-16(10-17)12-24-9-5-8-21-24/h4-10,13H,11-12H2,1-3H3,(H,22,26). The lowest BCUT2D eigenvalue weighted by molar-refractivity contribution is -0.119. The third-order valence-corrected chi connectivity index (χ3v) is 5.43. The molecule has 1 atom stereocenters. The smallest absolute Gasteiger partial charge is 0.229 e. The van der Waals surface area contributed by atoms with Crippen molar-refractivity contribution < 1.29 is 4.79 Å². The number of carbonyl (C=O) groups excluding carboxylic acids is 1. The fraction of sp³-hybridized carbons (Fsp3) is 0.316. The highest BCUT2D eigenvalue weighted by Gasteiger charge is 2.17. The van der Waals surface area contributed by atoms with Crippen LogP contribution in [-0.4, -0.2) is 25.5 Å². The molecule has 0 aliphatic rings. The molecule has 0 aliphatic carbocycles. The molecule has 26 heavy (non-hydrogen) atoms. The number of hydrogen-bond donors (Lipinski definition) is 1. The van der Waals surface area contributed by atoms with Crippen LogP contribution in [0.15, 0.2) is 47.2 Å². The van der Waals surface area contributed by atoms with Crippen LogP contribution in [0.1, 0.15) is 23.9 Å². The van der Waals surface area contributed by atoms with Crippen LogP contribution in [0.2, 0.25) is 0 Å². The molecule has 0 fully saturated rings. The number of aromatic nitrogens is 4. The van der Waals surface area contributed by atoms with Crippen LogP contribution in [0.25, 0.3) is 0 Å². The predicted octanol–water partition coefficient (Wildman–Crippen LogP) is 3.78. The van der Waals surface area contributed by atoms with Crippen molar-refractivity contribution in [2.45, 2.75) is 33.9 Å². The minimum Gasteiger partial charge on any atom is -0.326 e. The summed E-state index contributed by atoms with van der Waals surface area (Å²) >= 11 is 3.52. The summed E-state index contributed by atoms with van der Waals surface area (Å²) in [6.07, 6.45) is 3.67. The summed E-state index contributed by atoms with van der Waals surface area (Å²) in [4.78, 5) is 12.6. The second-order valence-corrected chi connectivity index (χ2v) is 7.25. The molecule has 0 saturated carbocycles. The number of halogens is 1. The Kier molecular flexibility index (Phi) is 5.56. The van der Waals surface area contributed by atoms with E-state index in [1.165, 1.54) is 0 Å². The molecule has 0 aliphatic heterocycles. The van der Waals surface area contributed by atoms with Crippen LogP contribution >= 0.6 is 15.9 Å². The van der Waals surface area contributed by atoms with Crippen LogP contribution in [0, 0.1) is 19.8 Å². The van der Waals surface area contributed by atoms with Gasteiger partial charge < -0.3 is 5.32 Å². The molecule has 0 radical (unpaired) electrons. The molecule has 7 heteroatoms. The van der Waals surface area contributed by atoms with Gasteiger partial charge in [-0.25, -0.2) is 0 Å². The van der Waals surface area contributed by atoms with Crippen LogP contribution in [-0.2, 0) is 17.9 Å². The highest BCUT2D eigenvalue weighted by Crippen LogP contribution is 2.21. The average Bonchev–Trinajstić information content (AvgIpc) is 3.20. The molecule has 2 heterocycles. The maximum Gasteiger partial charge on any atom is 0.229 e. The highest BCUT2D eigenvalue weighted by atomic mass is 79.9. The Morgan fingerprint density at radius 1 is 1.31 bits per heavy atom. The first kappa shape index (κ1) is 18.4. The second kappa shape index (κ2) is 7.86. The van der Waals surface area contributed by atoms with E-state index in [1.54, 1.807) is 6.20 Å². The molecule has 0 bridgehead atoms. The van der Waals surface area contributed by atoms with E-state index in [2.05, 4.69) is 31.4 Å². The Hall–Kier alpha value is -2.41. The summed E-state index contributed by atoms with van der Waals surface area (Å²) in [6.45, 7) is 7.06. The average molecular weight is 416 g/mol. The minimum atomic E-state index is -0.199. The summed E-state index contributed by atoms with van der Waals surface area (Å²) in [6, 6.07) is 9.74. The van der Waals surface area contributed by atoms with E-state index in [0.717, 1.165) is 27.1 Å². The van der Waals surface area contributed by atoms with E-state index in [-0.39, 0.29) is 11.8 Å². The monoisotopic (exact) mass is 415 g/mol. The first-order chi connectivity index (χ1) is 12.4. The number of benzene rings is 1. The van der Waals surface area contributed by atoms with Crippen molar-refractivity contribution in [1.82, 2.24) is 19.6 Å². The lowest BCUT2D eigenvalue weighted by Crippen LogP contribution is -2.25. The summed E-state index contributed by atoms with van der Waals surface area (Å²) < 4.78 is 4.72. The van der Waals surface area contributed by atoms with Crippen molar-refractivity contribution in [3.05, 3.63) is 64.1 Å². The number of hydrogen-bond acceptors (Lipinski definition) is 3. The largest absolute Gasteiger partial charge is 0.326 e. The van der Waals surface area contributed by atoms with Gasteiger partial charge in [-0.3, -0.25) is 14.2 Å². The quantitative estimate of drug-likeness (QED) is 0.665. The van der Waals surface area contributed by atoms with Gasteiger partial charge >= 0.3 is 0 Å². The first-order valence-corrected chi connectivity index (χ1v) is 9.30. The molecule has 136 valence electrons. The van der Waals surface area contributed by atoms with Crippen LogP contribution in [0.3, 0.4) is 0 Å². The Morgan fingerprint density at radius 3 is 2.77 bits per heavy atom. The van der Waals surface area contributed by atoms with Gasteiger partial charge in [0.25, 0.3) is 0 Å². The molecule has 1 N–H and O–H groups in total. The lowest BCUT2D eigenvalue weighted by atomic mass is 10.1. The van der Waals surface area contributed by atoms with Gasteiger partial charge in [0.15, 0.2) is 0 Å². The molecule has 3 rings (SSSR count). The summed E-state index contributed by atoms with van der Waals surface area (Å²) in [5.74, 6) is -0.223. The van der Waals surface area contributed by atoms with Crippen molar-refractivity contribution in [2.75, 3.05) is 5.32 Å². The number of anilines is 1. The molecule has 0 saturated heterocycles. The number of rotatable bonds is 6. The molecule has 6 nitrogen and oxygen atoms in total. The van der Waals surface area contributed by atoms with Gasteiger partial charge in [0, 0.05) is 23.8 Å². The van der Waals surface area contributed by atoms with Gasteiger partial charge in [0.05, 0.1) is 29.2 Å². The fourth-order valence-corrected chi connectivity index (χ4v) is 3.07. The fourth-order valence-electron chi connectivity index (χ4n) is 2.79. The van der Waals surface area contributed by atoms with Crippen molar-refractivity contribution in [1.29, 1.82) is 0 Å². The van der Waals surface area contributed by atoms with Crippen molar-refractivity contribution in [3.8, 4) is 0 Å². The predicted molar refractivity (Wildman–Crippen MR) is 105 cm³/mol. The van der Waals surface area contributed by atoms with E-state index in [1.807, 2.05) is 66.7 Å². The van der Waals surface area contributed by atoms with E-state index in [9.17, 15) is 4.79 Å². The maximum absolute atomic E-state index is 12.6. The van der Waals surface area contributed by atoms with E-state index in [4.69, 9.17) is 0 Å². The van der Waals surface area contributed by atoms with E-state index < -0.39 is 0 Å². The molecule has 2 aromatic heterocycles. The van der Waals surface area contributed by atoms with Crippen LogP contribution in [0.4, 0.5) is 5.69 Å². The van der Waals surface area contributed by atoms with Crippen molar-refractivity contribution in [3.63, 3.8) is 0 Å². The Labute approximate surface area is 161 Å². The minimum absolute atomic E-state index is 0.0232. The summed E-state index contributed by atoms with van der Waals surface area (Å²) in [5.41, 5.74) is 3.84. The van der Waals surface area contributed by atoms with E-state index in [0.29, 0.717) is 13.1 Å². The molecule has 1 aromatic carbocycles. The summed E-state index contributed by atoms with van der Waals surface area (Å²) in [5, 5.41) is 11.7. The molecular formula is C19H22BrN5O.